The average Bonchev–Trinajstić information content (AvgIpc) is 2.65. The van der Waals surface area contributed by atoms with Gasteiger partial charge in [0.15, 0.2) is 5.47 Å². The van der Waals surface area contributed by atoms with Crippen molar-refractivity contribution >= 4 is 55.2 Å². The molecule has 0 saturated carbocycles. The highest BCUT2D eigenvalue weighted by Gasteiger charge is 2.27. The Morgan fingerprint density at radius 1 is 1.07 bits per heavy atom. The normalized spacial score (nSPS) is 13.1. The molecular weight excluding hydrogens is 443 g/mol. The summed E-state index contributed by atoms with van der Waals surface area (Å²) in [5, 5.41) is 23.0. The molecule has 8 nitrogen and oxygen atoms in total. The summed E-state index contributed by atoms with van der Waals surface area (Å²) >= 11 is 5.81. The van der Waals surface area contributed by atoms with Gasteiger partial charge >= 0.3 is 0 Å². The van der Waals surface area contributed by atoms with Gasteiger partial charge in [-0.2, -0.15) is 0 Å². The van der Waals surface area contributed by atoms with Gasteiger partial charge in [0.05, 0.1) is 34.0 Å². The van der Waals surface area contributed by atoms with Crippen molar-refractivity contribution in [2.45, 2.75) is 24.8 Å². The number of methoxy groups -OCH3 is 1. The van der Waals surface area contributed by atoms with Crippen molar-refractivity contribution in [3.63, 3.8) is 0 Å². The van der Waals surface area contributed by atoms with Crippen molar-refractivity contribution in [3.8, 4) is 5.75 Å². The van der Waals surface area contributed by atoms with Crippen LogP contribution < -0.4 is 10.0 Å². The molecule has 2 aromatic rings. The smallest absolute Gasteiger partial charge is 0.290 e. The Kier molecular flexibility index (Phi) is 7.85. The molecule has 0 aromatic heterocycles. The molecule has 0 fully saturated rings. The van der Waals surface area contributed by atoms with E-state index in [0.717, 1.165) is 22.2 Å². The van der Waals surface area contributed by atoms with Crippen LogP contribution in [-0.4, -0.2) is 23.1 Å². The minimum atomic E-state index is -2.60. The average molecular weight is 460 g/mol. The highest BCUT2D eigenvalue weighted by Crippen LogP contribution is 2.66. The molecule has 2 aromatic carbocycles. The second-order valence-electron chi connectivity index (χ2n) is 5.67. The predicted octanol–water partition coefficient (Wildman–Crippen LogP) is 5.31. The summed E-state index contributed by atoms with van der Waals surface area (Å²) in [6, 6.07) is 10.7. The Hall–Kier alpha value is -1.65. The van der Waals surface area contributed by atoms with Gasteiger partial charge in [0.2, 0.25) is 0 Å². The van der Waals surface area contributed by atoms with Gasteiger partial charge in [0, 0.05) is 11.4 Å². The second-order valence-corrected chi connectivity index (χ2v) is 14.2. The number of nitro benzene ring substituents is 2. The lowest BCUT2D eigenvalue weighted by Crippen LogP contribution is -2.08. The fraction of sp³-hybridized carbons (Fsp3) is 0.250. The highest BCUT2D eigenvalue weighted by atomic mass is 33.4. The Bertz CT molecular complexity index is 923. The monoisotopic (exact) mass is 460 g/mol. The molecule has 0 aliphatic heterocycles. The fourth-order valence-electron chi connectivity index (χ4n) is 2.09. The highest BCUT2D eigenvalue weighted by molar-refractivity contribution is 9.04. The maximum Gasteiger partial charge on any atom is 0.290 e. The van der Waals surface area contributed by atoms with E-state index in [-0.39, 0.29) is 22.4 Å². The SMILES string of the molecule is COc1ccc(P(=S)(OC(C)C)SSc2ccc([N+](=O)[O-])cc2[N+](=O)[O-])cc1. The van der Waals surface area contributed by atoms with Crippen LogP contribution in [0.25, 0.3) is 0 Å². The molecule has 28 heavy (non-hydrogen) atoms. The van der Waals surface area contributed by atoms with E-state index in [4.69, 9.17) is 21.1 Å². The molecule has 0 spiro atoms. The van der Waals surface area contributed by atoms with Crippen LogP contribution in [0, 0.1) is 20.2 Å². The van der Waals surface area contributed by atoms with Crippen LogP contribution in [0.4, 0.5) is 11.4 Å². The first kappa shape index (κ1) is 22.6. The molecule has 0 saturated heterocycles. The van der Waals surface area contributed by atoms with Crippen molar-refractivity contribution < 1.29 is 19.1 Å². The van der Waals surface area contributed by atoms with Crippen molar-refractivity contribution in [2.75, 3.05) is 7.11 Å². The Labute approximate surface area is 174 Å². The molecule has 0 radical (unpaired) electrons. The van der Waals surface area contributed by atoms with E-state index >= 15 is 0 Å². The van der Waals surface area contributed by atoms with Gasteiger partial charge in [-0.15, -0.1) is 0 Å². The first-order valence-electron chi connectivity index (χ1n) is 7.88. The molecule has 1 unspecified atom stereocenters. The van der Waals surface area contributed by atoms with Gasteiger partial charge in [-0.1, -0.05) is 0 Å². The molecule has 150 valence electrons. The second kappa shape index (κ2) is 9.71. The number of rotatable bonds is 9. The van der Waals surface area contributed by atoms with Crippen LogP contribution in [0.2, 0.25) is 0 Å². The number of non-ortho nitro benzene ring substituents is 1. The molecule has 1 atom stereocenters. The van der Waals surface area contributed by atoms with E-state index in [1.165, 1.54) is 22.5 Å². The lowest BCUT2D eigenvalue weighted by atomic mass is 10.3. The summed E-state index contributed by atoms with van der Waals surface area (Å²) in [7, 11) is 3.88. The molecule has 12 heteroatoms. The van der Waals surface area contributed by atoms with E-state index in [2.05, 4.69) is 0 Å². The minimum absolute atomic E-state index is 0.145. The molecule has 0 aliphatic rings. The Balaban J connectivity index is 2.34. The summed E-state index contributed by atoms with van der Waals surface area (Å²) < 4.78 is 11.2. The number of hydrogen-bond acceptors (Lipinski definition) is 9. The van der Waals surface area contributed by atoms with Crippen LogP contribution in [0.1, 0.15) is 13.8 Å². The van der Waals surface area contributed by atoms with Gasteiger partial charge in [-0.25, -0.2) is 0 Å². The van der Waals surface area contributed by atoms with Gasteiger partial charge in [0.1, 0.15) is 5.75 Å². The van der Waals surface area contributed by atoms with Crippen LogP contribution >= 0.6 is 26.7 Å². The quantitative estimate of drug-likeness (QED) is 0.213. The van der Waals surface area contributed by atoms with Crippen molar-refractivity contribution in [1.82, 2.24) is 0 Å². The molecule has 0 N–H and O–H groups in total. The zero-order valence-corrected chi connectivity index (χ0v) is 18.5. The number of hydrogen-bond donors (Lipinski definition) is 0. The van der Waals surface area contributed by atoms with Crippen LogP contribution in [0.3, 0.4) is 0 Å². The third-order valence-corrected chi connectivity index (χ3v) is 13.0. The maximum atomic E-state index is 11.3. The topological polar surface area (TPSA) is 105 Å². The Morgan fingerprint density at radius 2 is 1.71 bits per heavy atom. The van der Waals surface area contributed by atoms with Crippen LogP contribution in [0.5, 0.6) is 5.75 Å². The number of benzene rings is 2. The first-order valence-corrected chi connectivity index (χ1v) is 13.4. The molecule has 0 aliphatic carbocycles. The maximum absolute atomic E-state index is 11.3. The first-order chi connectivity index (χ1) is 13.2. The third kappa shape index (κ3) is 5.68. The van der Waals surface area contributed by atoms with Crippen LogP contribution in [-0.2, 0) is 16.3 Å². The van der Waals surface area contributed by atoms with E-state index in [9.17, 15) is 20.2 Å². The number of nitrogens with zero attached hydrogens (tertiary/aromatic N) is 2. The lowest BCUT2D eigenvalue weighted by Gasteiger charge is -2.23. The van der Waals surface area contributed by atoms with Gasteiger partial charge in [0.25, 0.3) is 11.4 Å². The zero-order valence-electron chi connectivity index (χ0n) is 15.1. The van der Waals surface area contributed by atoms with E-state index in [1.807, 2.05) is 26.0 Å². The predicted molar refractivity (Wildman–Crippen MR) is 116 cm³/mol. The van der Waals surface area contributed by atoms with Crippen molar-refractivity contribution in [2.24, 2.45) is 0 Å². The molecule has 0 bridgehead atoms. The van der Waals surface area contributed by atoms with Gasteiger partial charge < -0.3 is 9.26 Å². The molecule has 0 heterocycles. The molecule has 0 amide bonds. The number of ether oxygens (including phenoxy) is 1. The largest absolute Gasteiger partial charge is 0.497 e. The summed E-state index contributed by atoms with van der Waals surface area (Å²) in [5.41, 5.74) is -3.28. The summed E-state index contributed by atoms with van der Waals surface area (Å²) in [6.45, 7) is 3.73. The summed E-state index contributed by atoms with van der Waals surface area (Å²) in [5.74, 6) is 0.679. The number of nitro groups is 2. The zero-order chi connectivity index (χ0) is 20.9. The van der Waals surface area contributed by atoms with E-state index < -0.39 is 15.3 Å². The minimum Gasteiger partial charge on any atom is -0.497 e. The standard InChI is InChI=1S/C16H17N2O6PS3/c1-11(2)24-25(26,14-7-5-13(23-3)6-8-14)28-27-16-9-4-12(17(19)20)10-15(16)18(21)22/h4-11H,1-3H3. The lowest BCUT2D eigenvalue weighted by molar-refractivity contribution is -0.396. The molecular formula is C16H17N2O6PS3. The molecule has 2 rings (SSSR count). The Morgan fingerprint density at radius 3 is 2.21 bits per heavy atom. The van der Waals surface area contributed by atoms with Gasteiger partial charge in [-0.3, -0.25) is 20.2 Å². The third-order valence-electron chi connectivity index (χ3n) is 3.31. The van der Waals surface area contributed by atoms with Crippen molar-refractivity contribution in [3.05, 3.63) is 62.7 Å². The fourth-order valence-corrected chi connectivity index (χ4v) is 10.5. The van der Waals surface area contributed by atoms with E-state index in [1.54, 1.807) is 19.2 Å². The van der Waals surface area contributed by atoms with Gasteiger partial charge in [-0.05, 0) is 77.2 Å². The van der Waals surface area contributed by atoms with E-state index in [0.29, 0.717) is 5.75 Å². The van der Waals surface area contributed by atoms with Crippen molar-refractivity contribution in [1.29, 1.82) is 0 Å². The summed E-state index contributed by atoms with van der Waals surface area (Å²) in [6.07, 6.45) is -0.145. The summed E-state index contributed by atoms with van der Waals surface area (Å²) in [4.78, 5) is 21.2. The van der Waals surface area contributed by atoms with Crippen LogP contribution in [0.15, 0.2) is 47.4 Å².